The van der Waals surface area contributed by atoms with Gasteiger partial charge in [-0.3, -0.25) is 4.99 Å². The maximum atomic E-state index is 5.55. The lowest BCUT2D eigenvalue weighted by Gasteiger charge is -2.13. The zero-order valence-corrected chi connectivity index (χ0v) is 8.46. The van der Waals surface area contributed by atoms with E-state index in [1.54, 1.807) is 0 Å². The topological polar surface area (TPSA) is 64.4 Å². The molecular weight excluding hydrogens is 162 g/mol. The van der Waals surface area contributed by atoms with Gasteiger partial charge >= 0.3 is 0 Å². The van der Waals surface area contributed by atoms with Crippen LogP contribution in [0.1, 0.15) is 33.1 Å². The first kappa shape index (κ1) is 10.4. The maximum Gasteiger partial charge on any atom is 0.0541 e. The lowest BCUT2D eigenvalue weighted by atomic mass is 10.0. The van der Waals surface area contributed by atoms with E-state index < -0.39 is 0 Å². The van der Waals surface area contributed by atoms with Crippen LogP contribution in [0.5, 0.6) is 0 Å². The SMILES string of the molecule is CC1=CC(C)=NC(CC(N)N)CC1. The van der Waals surface area contributed by atoms with Gasteiger partial charge in [0.1, 0.15) is 0 Å². The lowest BCUT2D eigenvalue weighted by molar-refractivity contribution is 0.510. The summed E-state index contributed by atoms with van der Waals surface area (Å²) in [5.41, 5.74) is 13.6. The van der Waals surface area contributed by atoms with Gasteiger partial charge in [-0.05, 0) is 39.2 Å². The first-order valence-corrected chi connectivity index (χ1v) is 4.80. The molecular formula is C10H19N3. The molecule has 0 aromatic rings. The summed E-state index contributed by atoms with van der Waals surface area (Å²) in [7, 11) is 0. The molecule has 0 aromatic carbocycles. The molecule has 0 bridgehead atoms. The second-order valence-electron chi connectivity index (χ2n) is 3.85. The quantitative estimate of drug-likeness (QED) is 0.628. The molecule has 1 aliphatic rings. The standard InChI is InChI=1S/C10H19N3/c1-7-3-4-9(6-10(11)12)13-8(2)5-7/h5,9-10H,3-4,6,11-12H2,1-2H3. The summed E-state index contributed by atoms with van der Waals surface area (Å²) in [5.74, 6) is 0. The van der Waals surface area contributed by atoms with Crippen LogP contribution in [-0.4, -0.2) is 17.9 Å². The number of nitrogens with two attached hydrogens (primary N) is 2. The molecule has 0 radical (unpaired) electrons. The van der Waals surface area contributed by atoms with E-state index in [1.807, 2.05) is 6.92 Å². The number of nitrogens with zero attached hydrogens (tertiary/aromatic N) is 1. The summed E-state index contributed by atoms with van der Waals surface area (Å²) < 4.78 is 0. The molecule has 0 aromatic heterocycles. The van der Waals surface area contributed by atoms with Gasteiger partial charge in [0, 0.05) is 5.71 Å². The van der Waals surface area contributed by atoms with E-state index in [4.69, 9.17) is 11.5 Å². The van der Waals surface area contributed by atoms with E-state index in [2.05, 4.69) is 18.0 Å². The van der Waals surface area contributed by atoms with Crippen molar-refractivity contribution < 1.29 is 0 Å². The maximum absolute atomic E-state index is 5.55. The first-order chi connectivity index (χ1) is 6.08. The molecule has 0 saturated carbocycles. The molecule has 74 valence electrons. The van der Waals surface area contributed by atoms with Gasteiger partial charge in [-0.25, -0.2) is 0 Å². The Hall–Kier alpha value is -0.670. The molecule has 4 N–H and O–H groups in total. The summed E-state index contributed by atoms with van der Waals surface area (Å²) >= 11 is 0. The average molecular weight is 181 g/mol. The van der Waals surface area contributed by atoms with Crippen LogP contribution in [0.2, 0.25) is 0 Å². The van der Waals surface area contributed by atoms with Crippen molar-refractivity contribution in [3.05, 3.63) is 11.6 Å². The number of hydrogen-bond acceptors (Lipinski definition) is 3. The van der Waals surface area contributed by atoms with E-state index in [0.29, 0.717) is 6.04 Å². The van der Waals surface area contributed by atoms with Gasteiger partial charge < -0.3 is 11.5 Å². The third kappa shape index (κ3) is 3.70. The monoisotopic (exact) mass is 181 g/mol. The Balaban J connectivity index is 2.58. The molecule has 3 nitrogen and oxygen atoms in total. The molecule has 1 aliphatic heterocycles. The van der Waals surface area contributed by atoms with Crippen LogP contribution in [0.25, 0.3) is 0 Å². The van der Waals surface area contributed by atoms with Crippen molar-refractivity contribution in [1.29, 1.82) is 0 Å². The second kappa shape index (κ2) is 4.53. The van der Waals surface area contributed by atoms with E-state index >= 15 is 0 Å². The summed E-state index contributed by atoms with van der Waals surface area (Å²) in [6, 6.07) is 0.314. The minimum absolute atomic E-state index is 0.236. The highest BCUT2D eigenvalue weighted by atomic mass is 14.9. The normalized spacial score (nSPS) is 23.9. The molecule has 13 heavy (non-hydrogen) atoms. The summed E-state index contributed by atoms with van der Waals surface area (Å²) in [4.78, 5) is 4.55. The predicted molar refractivity (Wildman–Crippen MR) is 56.7 cm³/mol. The Morgan fingerprint density at radius 1 is 1.54 bits per heavy atom. The van der Waals surface area contributed by atoms with Crippen LogP contribution in [0, 0.1) is 0 Å². The van der Waals surface area contributed by atoms with Gasteiger partial charge in [-0.15, -0.1) is 0 Å². The smallest absolute Gasteiger partial charge is 0.0541 e. The fourth-order valence-electron chi connectivity index (χ4n) is 1.70. The summed E-state index contributed by atoms with van der Waals surface area (Å²) in [6.45, 7) is 4.17. The first-order valence-electron chi connectivity index (χ1n) is 4.80. The number of aliphatic imine (C=N–C) groups is 1. The second-order valence-corrected chi connectivity index (χ2v) is 3.85. The van der Waals surface area contributed by atoms with Gasteiger partial charge in [-0.1, -0.05) is 5.57 Å². The van der Waals surface area contributed by atoms with Crippen molar-refractivity contribution in [3.63, 3.8) is 0 Å². The van der Waals surface area contributed by atoms with Crippen molar-refractivity contribution in [3.8, 4) is 0 Å². The zero-order valence-electron chi connectivity index (χ0n) is 8.46. The average Bonchev–Trinajstić information content (AvgIpc) is 2.11. The van der Waals surface area contributed by atoms with Crippen molar-refractivity contribution in [1.82, 2.24) is 0 Å². The lowest BCUT2D eigenvalue weighted by Crippen LogP contribution is -2.34. The van der Waals surface area contributed by atoms with E-state index in [1.165, 1.54) is 5.57 Å². The summed E-state index contributed by atoms with van der Waals surface area (Å²) in [5, 5.41) is 0. The molecule has 1 heterocycles. The van der Waals surface area contributed by atoms with Crippen LogP contribution in [-0.2, 0) is 0 Å². The molecule has 3 heteroatoms. The minimum Gasteiger partial charge on any atom is -0.316 e. The summed E-state index contributed by atoms with van der Waals surface area (Å²) in [6.07, 6.45) is 4.88. The Kier molecular flexibility index (Phi) is 3.63. The van der Waals surface area contributed by atoms with Crippen LogP contribution in [0.15, 0.2) is 16.6 Å². The number of rotatable bonds is 2. The molecule has 1 unspecified atom stereocenters. The van der Waals surface area contributed by atoms with Crippen LogP contribution >= 0.6 is 0 Å². The third-order valence-corrected chi connectivity index (χ3v) is 2.26. The van der Waals surface area contributed by atoms with Crippen molar-refractivity contribution in [2.75, 3.05) is 0 Å². The zero-order chi connectivity index (χ0) is 9.84. The van der Waals surface area contributed by atoms with Crippen LogP contribution < -0.4 is 11.5 Å². The van der Waals surface area contributed by atoms with Crippen molar-refractivity contribution >= 4 is 5.71 Å². The highest BCUT2D eigenvalue weighted by Gasteiger charge is 2.12. The van der Waals surface area contributed by atoms with Gasteiger partial charge in [-0.2, -0.15) is 0 Å². The fourth-order valence-corrected chi connectivity index (χ4v) is 1.70. The van der Waals surface area contributed by atoms with Crippen LogP contribution in [0.4, 0.5) is 0 Å². The molecule has 0 fully saturated rings. The molecule has 0 saturated heterocycles. The van der Waals surface area contributed by atoms with Crippen molar-refractivity contribution in [2.24, 2.45) is 16.5 Å². The van der Waals surface area contributed by atoms with Gasteiger partial charge in [0.25, 0.3) is 0 Å². The molecule has 0 amide bonds. The minimum atomic E-state index is -0.236. The Morgan fingerprint density at radius 2 is 2.23 bits per heavy atom. The van der Waals surface area contributed by atoms with E-state index in [9.17, 15) is 0 Å². The van der Waals surface area contributed by atoms with Gasteiger partial charge in [0.2, 0.25) is 0 Å². The number of hydrogen-bond donors (Lipinski definition) is 2. The highest BCUT2D eigenvalue weighted by molar-refractivity contribution is 5.93. The van der Waals surface area contributed by atoms with Gasteiger partial charge in [0.15, 0.2) is 0 Å². The highest BCUT2D eigenvalue weighted by Crippen LogP contribution is 2.16. The van der Waals surface area contributed by atoms with Crippen LogP contribution in [0.3, 0.4) is 0 Å². The largest absolute Gasteiger partial charge is 0.316 e. The molecule has 0 spiro atoms. The van der Waals surface area contributed by atoms with E-state index in [0.717, 1.165) is 25.0 Å². The molecule has 1 atom stereocenters. The third-order valence-electron chi connectivity index (χ3n) is 2.26. The molecule has 0 aliphatic carbocycles. The fraction of sp³-hybridized carbons (Fsp3) is 0.700. The predicted octanol–water partition coefficient (Wildman–Crippen LogP) is 1.19. The van der Waals surface area contributed by atoms with Crippen molar-refractivity contribution in [2.45, 2.75) is 45.3 Å². The van der Waals surface area contributed by atoms with E-state index in [-0.39, 0.29) is 6.17 Å². The Bertz CT molecular complexity index is 228. The Morgan fingerprint density at radius 3 is 2.85 bits per heavy atom. The number of allylic oxidation sites excluding steroid dienone is 2. The Labute approximate surface area is 79.9 Å². The van der Waals surface area contributed by atoms with Gasteiger partial charge in [0.05, 0.1) is 12.2 Å². The molecule has 1 rings (SSSR count).